The third-order valence-electron chi connectivity index (χ3n) is 2.36. The molecule has 1 fully saturated rings. The maximum atomic E-state index is 11.8. The van der Waals surface area contributed by atoms with Gasteiger partial charge in [-0.15, -0.1) is 0 Å². The van der Waals surface area contributed by atoms with Crippen LogP contribution in [-0.4, -0.2) is 43.6 Å². The quantitative estimate of drug-likeness (QED) is 0.693. The number of hydrogen-bond donors (Lipinski definition) is 1. The SMILES string of the molecule is CC(C)S(=O)(=O)N1CCNC[C@H]1C. The van der Waals surface area contributed by atoms with Gasteiger partial charge >= 0.3 is 0 Å². The van der Waals surface area contributed by atoms with Crippen molar-refractivity contribution in [3.8, 4) is 0 Å². The van der Waals surface area contributed by atoms with Crippen LogP contribution in [0.5, 0.6) is 0 Å². The number of sulfonamides is 1. The van der Waals surface area contributed by atoms with Gasteiger partial charge < -0.3 is 5.32 Å². The first-order chi connectivity index (χ1) is 5.96. The minimum absolute atomic E-state index is 0.0844. The summed E-state index contributed by atoms with van der Waals surface area (Å²) >= 11 is 0. The fourth-order valence-corrected chi connectivity index (χ4v) is 2.93. The average molecular weight is 206 g/mol. The van der Waals surface area contributed by atoms with E-state index in [0.29, 0.717) is 6.54 Å². The maximum Gasteiger partial charge on any atom is 0.216 e. The molecule has 78 valence electrons. The molecule has 0 aromatic heterocycles. The normalized spacial score (nSPS) is 26.6. The van der Waals surface area contributed by atoms with Crippen molar-refractivity contribution < 1.29 is 8.42 Å². The zero-order chi connectivity index (χ0) is 10.1. The highest BCUT2D eigenvalue weighted by Gasteiger charge is 2.31. The molecule has 0 unspecified atom stereocenters. The van der Waals surface area contributed by atoms with Gasteiger partial charge in [0.1, 0.15) is 0 Å². The minimum atomic E-state index is -3.06. The molecular weight excluding hydrogens is 188 g/mol. The molecule has 1 rings (SSSR count). The second kappa shape index (κ2) is 3.94. The Morgan fingerprint density at radius 1 is 1.46 bits per heavy atom. The third kappa shape index (κ3) is 2.21. The van der Waals surface area contributed by atoms with Gasteiger partial charge in [0.15, 0.2) is 0 Å². The van der Waals surface area contributed by atoms with Crippen LogP contribution in [0.15, 0.2) is 0 Å². The standard InChI is InChI=1S/C8H18N2O2S/c1-7(2)13(11,12)10-5-4-9-6-8(10)3/h7-9H,4-6H2,1-3H3/t8-/m1/s1. The highest BCUT2D eigenvalue weighted by Crippen LogP contribution is 2.13. The smallest absolute Gasteiger partial charge is 0.216 e. The van der Waals surface area contributed by atoms with Crippen molar-refractivity contribution >= 4 is 10.0 Å². The minimum Gasteiger partial charge on any atom is -0.314 e. The Hall–Kier alpha value is -0.130. The largest absolute Gasteiger partial charge is 0.314 e. The van der Waals surface area contributed by atoms with Crippen molar-refractivity contribution in [2.75, 3.05) is 19.6 Å². The zero-order valence-corrected chi connectivity index (χ0v) is 9.26. The summed E-state index contributed by atoms with van der Waals surface area (Å²) in [6, 6.07) is 0.0844. The molecule has 0 radical (unpaired) electrons. The van der Waals surface area contributed by atoms with Crippen molar-refractivity contribution in [3.05, 3.63) is 0 Å². The van der Waals surface area contributed by atoms with Gasteiger partial charge in [-0.25, -0.2) is 8.42 Å². The summed E-state index contributed by atoms with van der Waals surface area (Å²) in [6.07, 6.45) is 0. The summed E-state index contributed by atoms with van der Waals surface area (Å²) in [5, 5.41) is 2.86. The lowest BCUT2D eigenvalue weighted by molar-refractivity contribution is 0.282. The average Bonchev–Trinajstić information content (AvgIpc) is 2.04. The number of rotatable bonds is 2. The fourth-order valence-electron chi connectivity index (χ4n) is 1.47. The summed E-state index contributed by atoms with van der Waals surface area (Å²) in [6.45, 7) is 7.50. The lowest BCUT2D eigenvalue weighted by Crippen LogP contribution is -2.53. The van der Waals surface area contributed by atoms with Gasteiger partial charge in [0.2, 0.25) is 10.0 Å². The molecule has 5 heteroatoms. The molecule has 1 aliphatic heterocycles. The molecule has 0 aromatic rings. The summed E-state index contributed by atoms with van der Waals surface area (Å²) in [5.41, 5.74) is 0. The lowest BCUT2D eigenvalue weighted by Gasteiger charge is -2.34. The highest BCUT2D eigenvalue weighted by molar-refractivity contribution is 7.89. The molecule has 1 heterocycles. The predicted octanol–water partition coefficient (Wildman–Crippen LogP) is 0.0183. The topological polar surface area (TPSA) is 49.4 Å². The van der Waals surface area contributed by atoms with Crippen molar-refractivity contribution in [1.82, 2.24) is 9.62 Å². The van der Waals surface area contributed by atoms with Crippen LogP contribution in [0.3, 0.4) is 0 Å². The molecule has 0 spiro atoms. The predicted molar refractivity (Wildman–Crippen MR) is 53.1 cm³/mol. The van der Waals surface area contributed by atoms with Gasteiger partial charge in [0, 0.05) is 25.7 Å². The molecule has 4 nitrogen and oxygen atoms in total. The third-order valence-corrected chi connectivity index (χ3v) is 4.75. The monoisotopic (exact) mass is 206 g/mol. The zero-order valence-electron chi connectivity index (χ0n) is 8.45. The van der Waals surface area contributed by atoms with Gasteiger partial charge in [-0.3, -0.25) is 0 Å². The molecule has 0 aliphatic carbocycles. The molecule has 1 atom stereocenters. The van der Waals surface area contributed by atoms with E-state index in [-0.39, 0.29) is 11.3 Å². The van der Waals surface area contributed by atoms with Gasteiger partial charge in [0.25, 0.3) is 0 Å². The number of nitrogens with zero attached hydrogens (tertiary/aromatic N) is 1. The molecule has 1 saturated heterocycles. The first-order valence-corrected chi connectivity index (χ1v) is 6.18. The lowest BCUT2D eigenvalue weighted by atomic mass is 10.3. The van der Waals surface area contributed by atoms with Crippen LogP contribution < -0.4 is 5.32 Å². The van der Waals surface area contributed by atoms with Crippen LogP contribution in [0.1, 0.15) is 20.8 Å². The first-order valence-electron chi connectivity index (χ1n) is 4.67. The molecule has 0 bridgehead atoms. The Morgan fingerprint density at radius 2 is 2.08 bits per heavy atom. The number of piperazine rings is 1. The van der Waals surface area contributed by atoms with E-state index in [1.165, 1.54) is 0 Å². The Labute approximate surface area is 80.4 Å². The van der Waals surface area contributed by atoms with Crippen LogP contribution in [0.2, 0.25) is 0 Å². The highest BCUT2D eigenvalue weighted by atomic mass is 32.2. The summed E-state index contributed by atoms with van der Waals surface area (Å²) in [7, 11) is -3.06. The second-order valence-electron chi connectivity index (χ2n) is 3.76. The van der Waals surface area contributed by atoms with E-state index in [2.05, 4.69) is 5.32 Å². The van der Waals surface area contributed by atoms with Gasteiger partial charge in [-0.1, -0.05) is 0 Å². The molecule has 1 aliphatic rings. The van der Waals surface area contributed by atoms with Crippen LogP contribution in [-0.2, 0) is 10.0 Å². The van der Waals surface area contributed by atoms with Crippen molar-refractivity contribution in [2.45, 2.75) is 32.1 Å². The molecule has 0 saturated carbocycles. The van der Waals surface area contributed by atoms with Gasteiger partial charge in [-0.05, 0) is 20.8 Å². The molecule has 0 aromatic carbocycles. The van der Waals surface area contributed by atoms with Gasteiger partial charge in [-0.2, -0.15) is 4.31 Å². The van der Waals surface area contributed by atoms with E-state index >= 15 is 0 Å². The molecule has 13 heavy (non-hydrogen) atoms. The van der Waals surface area contributed by atoms with Gasteiger partial charge in [0.05, 0.1) is 5.25 Å². The number of nitrogens with one attached hydrogen (secondary N) is 1. The van der Waals surface area contributed by atoms with Crippen LogP contribution in [0.4, 0.5) is 0 Å². The van der Waals surface area contributed by atoms with E-state index in [1.807, 2.05) is 6.92 Å². The van der Waals surface area contributed by atoms with Crippen LogP contribution in [0.25, 0.3) is 0 Å². The van der Waals surface area contributed by atoms with Crippen molar-refractivity contribution in [1.29, 1.82) is 0 Å². The molecule has 0 amide bonds. The Balaban J connectivity index is 2.80. The summed E-state index contributed by atoms with van der Waals surface area (Å²) in [5.74, 6) is 0. The van der Waals surface area contributed by atoms with Crippen molar-refractivity contribution in [2.24, 2.45) is 0 Å². The van der Waals surface area contributed by atoms with E-state index in [0.717, 1.165) is 13.1 Å². The maximum absolute atomic E-state index is 11.8. The fraction of sp³-hybridized carbons (Fsp3) is 1.00. The van der Waals surface area contributed by atoms with E-state index in [9.17, 15) is 8.42 Å². The second-order valence-corrected chi connectivity index (χ2v) is 6.20. The van der Waals surface area contributed by atoms with Crippen LogP contribution >= 0.6 is 0 Å². The van der Waals surface area contributed by atoms with Crippen LogP contribution in [0, 0.1) is 0 Å². The molecular formula is C8H18N2O2S. The Bertz CT molecular complexity index is 261. The van der Waals surface area contributed by atoms with E-state index in [4.69, 9.17) is 0 Å². The van der Waals surface area contributed by atoms with E-state index in [1.54, 1.807) is 18.2 Å². The van der Waals surface area contributed by atoms with Crippen molar-refractivity contribution in [3.63, 3.8) is 0 Å². The summed E-state index contributed by atoms with van der Waals surface area (Å²) < 4.78 is 25.2. The summed E-state index contributed by atoms with van der Waals surface area (Å²) in [4.78, 5) is 0. The number of hydrogen-bond acceptors (Lipinski definition) is 3. The Kier molecular flexibility index (Phi) is 3.32. The first kappa shape index (κ1) is 10.9. The Morgan fingerprint density at radius 3 is 2.54 bits per heavy atom. The van der Waals surface area contributed by atoms with E-state index < -0.39 is 10.0 Å². The molecule has 1 N–H and O–H groups in total.